The number of aromatic nitrogens is 5. The van der Waals surface area contributed by atoms with Crippen molar-refractivity contribution in [3.8, 4) is 5.82 Å². The molecule has 1 fully saturated rings. The molecule has 1 aliphatic rings. The van der Waals surface area contributed by atoms with Crippen molar-refractivity contribution in [2.45, 2.75) is 13.5 Å². The van der Waals surface area contributed by atoms with Crippen molar-refractivity contribution < 1.29 is 19.1 Å². The average molecular weight is 340 g/mol. The lowest BCUT2D eigenvalue weighted by Gasteiger charge is -2.23. The minimum absolute atomic E-state index is 0.0933. The quantitative estimate of drug-likeness (QED) is 0.628. The highest BCUT2D eigenvalue weighted by molar-refractivity contribution is 7.99. The first-order valence-corrected chi connectivity index (χ1v) is 8.47. The molecule has 2 aromatic heterocycles. The maximum absolute atomic E-state index is 12.1. The van der Waals surface area contributed by atoms with Gasteiger partial charge in [-0.15, -0.1) is 5.10 Å². The lowest BCUT2D eigenvalue weighted by molar-refractivity contribution is -0.910. The molecule has 23 heavy (non-hydrogen) atoms. The van der Waals surface area contributed by atoms with Crippen LogP contribution in [0.4, 0.5) is 5.82 Å². The van der Waals surface area contributed by atoms with Gasteiger partial charge in [-0.25, -0.2) is 9.42 Å². The van der Waals surface area contributed by atoms with Gasteiger partial charge in [-0.1, -0.05) is 5.21 Å². The Balaban J connectivity index is 1.95. The van der Waals surface area contributed by atoms with E-state index in [9.17, 15) is 4.79 Å². The molecule has 3 heterocycles. The second kappa shape index (κ2) is 6.96. The minimum atomic E-state index is -0.505. The van der Waals surface area contributed by atoms with E-state index in [-0.39, 0.29) is 23.9 Å². The van der Waals surface area contributed by atoms with Crippen molar-refractivity contribution in [2.24, 2.45) is 0 Å². The number of quaternary nitrogens is 1. The summed E-state index contributed by atoms with van der Waals surface area (Å²) in [4.78, 5) is 13.5. The monoisotopic (exact) mass is 340 g/mol. The zero-order valence-electron chi connectivity index (χ0n) is 12.7. The van der Waals surface area contributed by atoms with Gasteiger partial charge < -0.3 is 15.4 Å². The van der Waals surface area contributed by atoms with E-state index < -0.39 is 5.97 Å². The van der Waals surface area contributed by atoms with Gasteiger partial charge in [-0.2, -0.15) is 16.4 Å². The summed E-state index contributed by atoms with van der Waals surface area (Å²) in [6, 6.07) is 0. The smallest absolute Gasteiger partial charge is 0.361 e. The summed E-state index contributed by atoms with van der Waals surface area (Å²) >= 11 is 1.93. The molecule has 0 bridgehead atoms. The van der Waals surface area contributed by atoms with Crippen molar-refractivity contribution >= 4 is 23.5 Å². The number of hydrogen-bond donors (Lipinski definition) is 2. The average Bonchev–Trinajstić information content (AvgIpc) is 3.14. The maximum Gasteiger partial charge on any atom is 0.361 e. The first-order chi connectivity index (χ1) is 11.2. The number of nitrogen functional groups attached to an aromatic ring is 1. The fraction of sp³-hybridized carbons (Fsp3) is 0.583. The number of nitrogens with zero attached hydrogens (tertiary/aromatic N) is 5. The zero-order valence-corrected chi connectivity index (χ0v) is 13.5. The molecule has 0 radical (unpaired) electrons. The predicted octanol–water partition coefficient (Wildman–Crippen LogP) is -1.46. The van der Waals surface area contributed by atoms with Crippen molar-refractivity contribution in [3.63, 3.8) is 0 Å². The number of carbonyl (C=O) groups is 1. The van der Waals surface area contributed by atoms with Gasteiger partial charge >= 0.3 is 5.97 Å². The Bertz CT molecular complexity index is 680. The fourth-order valence-corrected chi connectivity index (χ4v) is 3.47. The van der Waals surface area contributed by atoms with Crippen molar-refractivity contribution in [2.75, 3.05) is 36.9 Å². The number of nitrogens with two attached hydrogens (primary N) is 1. The summed E-state index contributed by atoms with van der Waals surface area (Å²) in [5, 5.41) is 15.2. The van der Waals surface area contributed by atoms with Gasteiger partial charge in [0.25, 0.3) is 0 Å². The van der Waals surface area contributed by atoms with E-state index in [1.54, 1.807) is 6.92 Å². The molecule has 1 aliphatic heterocycles. The lowest BCUT2D eigenvalue weighted by atomic mass is 10.3. The molecule has 0 aliphatic carbocycles. The molecular formula is C12H18N7O3S+. The van der Waals surface area contributed by atoms with Gasteiger partial charge in [0.05, 0.1) is 19.7 Å². The Morgan fingerprint density at radius 1 is 1.43 bits per heavy atom. The van der Waals surface area contributed by atoms with Crippen LogP contribution >= 0.6 is 11.8 Å². The van der Waals surface area contributed by atoms with Crippen molar-refractivity contribution in [3.05, 3.63) is 11.4 Å². The Kier molecular flexibility index (Phi) is 4.76. The van der Waals surface area contributed by atoms with Crippen LogP contribution in [0.25, 0.3) is 5.82 Å². The van der Waals surface area contributed by atoms with E-state index in [1.807, 2.05) is 11.8 Å². The Morgan fingerprint density at radius 2 is 2.22 bits per heavy atom. The third-order valence-electron chi connectivity index (χ3n) is 3.55. The van der Waals surface area contributed by atoms with Crippen LogP contribution in [0, 0.1) is 0 Å². The van der Waals surface area contributed by atoms with Crippen LogP contribution in [-0.4, -0.2) is 62.5 Å². The summed E-state index contributed by atoms with van der Waals surface area (Å²) in [7, 11) is 0. The normalized spacial score (nSPS) is 15.7. The molecule has 0 unspecified atom stereocenters. The van der Waals surface area contributed by atoms with Crippen molar-refractivity contribution in [1.82, 2.24) is 25.3 Å². The predicted molar refractivity (Wildman–Crippen MR) is 81.3 cm³/mol. The molecule has 1 saturated heterocycles. The molecule has 0 amide bonds. The summed E-state index contributed by atoms with van der Waals surface area (Å²) in [6.45, 7) is 4.60. The van der Waals surface area contributed by atoms with Gasteiger partial charge in [-0.3, -0.25) is 0 Å². The van der Waals surface area contributed by atoms with E-state index >= 15 is 0 Å². The third kappa shape index (κ3) is 3.29. The van der Waals surface area contributed by atoms with Gasteiger partial charge in [0, 0.05) is 11.5 Å². The van der Waals surface area contributed by atoms with Gasteiger partial charge in [0.1, 0.15) is 12.2 Å². The highest BCUT2D eigenvalue weighted by Crippen LogP contribution is 2.16. The number of rotatable bonds is 5. The van der Waals surface area contributed by atoms with E-state index in [0.29, 0.717) is 12.2 Å². The van der Waals surface area contributed by atoms with Gasteiger partial charge in [-0.05, 0) is 17.2 Å². The summed E-state index contributed by atoms with van der Waals surface area (Å²) in [5.74, 6) is 1.98. The topological polar surface area (TPSA) is 126 Å². The fourth-order valence-electron chi connectivity index (χ4n) is 2.40. The first-order valence-electron chi connectivity index (χ1n) is 7.32. The number of anilines is 1. The van der Waals surface area contributed by atoms with E-state index in [0.717, 1.165) is 24.6 Å². The summed E-state index contributed by atoms with van der Waals surface area (Å²) in [6.07, 6.45) is 0. The summed E-state index contributed by atoms with van der Waals surface area (Å²) < 4.78 is 11.1. The van der Waals surface area contributed by atoms with E-state index in [4.69, 9.17) is 10.5 Å². The molecule has 0 aromatic carbocycles. The highest BCUT2D eigenvalue weighted by atomic mass is 32.2. The minimum Gasteiger partial charge on any atom is -0.461 e. The summed E-state index contributed by atoms with van der Waals surface area (Å²) in [5.41, 5.74) is 6.52. The molecule has 2 aromatic rings. The van der Waals surface area contributed by atoms with Gasteiger partial charge in [0.15, 0.2) is 5.69 Å². The molecule has 0 saturated carbocycles. The third-order valence-corrected chi connectivity index (χ3v) is 4.53. The molecule has 3 rings (SSSR count). The molecule has 124 valence electrons. The molecule has 10 nitrogen and oxygen atoms in total. The van der Waals surface area contributed by atoms with Crippen LogP contribution in [0.15, 0.2) is 4.63 Å². The molecule has 3 N–H and O–H groups in total. The first kappa shape index (κ1) is 15.7. The number of esters is 1. The molecule has 11 heteroatoms. The Hall–Kier alpha value is -2.14. The largest absolute Gasteiger partial charge is 0.461 e. The second-order valence-corrected chi connectivity index (χ2v) is 6.25. The zero-order chi connectivity index (χ0) is 16.2. The van der Waals surface area contributed by atoms with Gasteiger partial charge in [0.2, 0.25) is 11.6 Å². The highest BCUT2D eigenvalue weighted by Gasteiger charge is 2.28. The van der Waals surface area contributed by atoms with E-state index in [1.165, 1.54) is 9.58 Å². The number of nitrogens with one attached hydrogen (secondary N) is 1. The Labute approximate surface area is 136 Å². The van der Waals surface area contributed by atoms with Crippen LogP contribution < -0.4 is 10.6 Å². The number of thioether (sulfide) groups is 1. The van der Waals surface area contributed by atoms with Crippen LogP contribution in [0.3, 0.4) is 0 Å². The number of carbonyl (C=O) groups excluding carboxylic acids is 1. The lowest BCUT2D eigenvalue weighted by Crippen LogP contribution is -3.12. The standard InChI is InChI=1S/C12H17N7O3S/c1-2-21-12(20)9-8(7-18-3-5-23-6-4-18)19(17-14-9)11-10(13)15-22-16-11/h2-7H2,1H3,(H2,13,15)/p+1. The Morgan fingerprint density at radius 3 is 2.87 bits per heavy atom. The van der Waals surface area contributed by atoms with Crippen LogP contribution in [-0.2, 0) is 11.3 Å². The van der Waals surface area contributed by atoms with E-state index in [2.05, 4.69) is 25.3 Å². The van der Waals surface area contributed by atoms with Crippen LogP contribution in [0.5, 0.6) is 0 Å². The number of ether oxygens (including phenoxy) is 1. The second-order valence-electron chi connectivity index (χ2n) is 5.03. The van der Waals surface area contributed by atoms with Crippen LogP contribution in [0.2, 0.25) is 0 Å². The van der Waals surface area contributed by atoms with Crippen molar-refractivity contribution in [1.29, 1.82) is 0 Å². The van der Waals surface area contributed by atoms with Crippen LogP contribution in [0.1, 0.15) is 23.1 Å². The molecular weight excluding hydrogens is 322 g/mol. The number of hydrogen-bond acceptors (Lipinski definition) is 9. The molecule has 0 atom stereocenters. The maximum atomic E-state index is 12.1. The SMILES string of the molecule is CCOC(=O)c1nnn(-c2nonc2N)c1C[NH+]1CCSCC1. The molecule has 0 spiro atoms.